The average molecular weight is 391 g/mol. The molecule has 29 heavy (non-hydrogen) atoms. The van der Waals surface area contributed by atoms with Gasteiger partial charge in [-0.1, -0.05) is 55.3 Å². The van der Waals surface area contributed by atoms with Crippen LogP contribution in [0.15, 0.2) is 60.2 Å². The maximum Gasteiger partial charge on any atom is 0.295 e. The van der Waals surface area contributed by atoms with Crippen molar-refractivity contribution < 1.29 is 19.4 Å². The third kappa shape index (κ3) is 3.53. The molecule has 1 atom stereocenters. The summed E-state index contributed by atoms with van der Waals surface area (Å²) < 4.78 is 5.53. The molecule has 150 valence electrons. The zero-order chi connectivity index (χ0) is 20.4. The molecule has 1 N–H and O–H groups in total. The van der Waals surface area contributed by atoms with E-state index in [1.807, 2.05) is 37.3 Å². The topological polar surface area (TPSA) is 66.8 Å². The maximum atomic E-state index is 13.0. The van der Waals surface area contributed by atoms with Gasteiger partial charge in [0.1, 0.15) is 11.5 Å². The molecule has 1 amide bonds. The third-order valence-corrected chi connectivity index (χ3v) is 5.73. The minimum Gasteiger partial charge on any atom is -0.507 e. The predicted octanol–water partition coefficient (Wildman–Crippen LogP) is 4.45. The fourth-order valence-corrected chi connectivity index (χ4v) is 4.43. The number of hydrogen-bond acceptors (Lipinski definition) is 4. The van der Waals surface area contributed by atoms with E-state index in [4.69, 9.17) is 4.74 Å². The Morgan fingerprint density at radius 3 is 2.48 bits per heavy atom. The first-order valence-corrected chi connectivity index (χ1v) is 10.2. The molecule has 0 bridgehead atoms. The number of aliphatic hydroxyl groups excluding tert-OH is 1. The van der Waals surface area contributed by atoms with Gasteiger partial charge in [-0.2, -0.15) is 0 Å². The highest BCUT2D eigenvalue weighted by Crippen LogP contribution is 2.43. The van der Waals surface area contributed by atoms with Crippen LogP contribution in [0.2, 0.25) is 0 Å². The van der Waals surface area contributed by atoms with Gasteiger partial charge in [0, 0.05) is 11.6 Å². The molecule has 2 aromatic carbocycles. The minimum atomic E-state index is -0.620. The fraction of sp³-hybridized carbons (Fsp3) is 0.333. The lowest BCUT2D eigenvalue weighted by Crippen LogP contribution is -2.37. The van der Waals surface area contributed by atoms with Crippen molar-refractivity contribution in [2.75, 3.05) is 6.61 Å². The van der Waals surface area contributed by atoms with Gasteiger partial charge in [0.15, 0.2) is 0 Å². The number of hydrogen-bond donors (Lipinski definition) is 1. The molecule has 4 rings (SSSR count). The molecular weight excluding hydrogens is 366 g/mol. The van der Waals surface area contributed by atoms with E-state index in [1.54, 1.807) is 29.2 Å². The summed E-state index contributed by atoms with van der Waals surface area (Å²) in [6.07, 6.45) is 3.86. The van der Waals surface area contributed by atoms with Crippen LogP contribution in [0.25, 0.3) is 5.76 Å². The molecule has 1 unspecified atom stereocenters. The summed E-state index contributed by atoms with van der Waals surface area (Å²) in [6.45, 7) is 2.38. The fourth-order valence-electron chi connectivity index (χ4n) is 4.43. The first-order valence-electron chi connectivity index (χ1n) is 10.2. The predicted molar refractivity (Wildman–Crippen MR) is 110 cm³/mol. The van der Waals surface area contributed by atoms with Crippen LogP contribution in [0.3, 0.4) is 0 Å². The number of carbonyl (C=O) groups excluding carboxylic acids is 2. The molecule has 0 aromatic heterocycles. The first kappa shape index (κ1) is 19.2. The Balaban J connectivity index is 1.85. The SMILES string of the molecule is CCOc1cccc(/C(O)=C2/C(=O)C(=O)N(C3CCCC3)C2c2ccccc2)c1. The quantitative estimate of drug-likeness (QED) is 0.465. The molecule has 1 aliphatic heterocycles. The molecule has 0 radical (unpaired) electrons. The van der Waals surface area contributed by atoms with Gasteiger partial charge in [-0.3, -0.25) is 9.59 Å². The van der Waals surface area contributed by atoms with Crippen LogP contribution in [0.4, 0.5) is 0 Å². The molecule has 1 saturated heterocycles. The van der Waals surface area contributed by atoms with E-state index in [0.717, 1.165) is 31.2 Å². The van der Waals surface area contributed by atoms with Crippen LogP contribution in [-0.2, 0) is 9.59 Å². The second-order valence-electron chi connectivity index (χ2n) is 7.52. The van der Waals surface area contributed by atoms with Crippen LogP contribution >= 0.6 is 0 Å². The van der Waals surface area contributed by atoms with Crippen molar-refractivity contribution >= 4 is 17.4 Å². The summed E-state index contributed by atoms with van der Waals surface area (Å²) in [4.78, 5) is 27.7. The van der Waals surface area contributed by atoms with Crippen LogP contribution < -0.4 is 4.74 Å². The van der Waals surface area contributed by atoms with Gasteiger partial charge >= 0.3 is 0 Å². The van der Waals surface area contributed by atoms with Gasteiger partial charge < -0.3 is 14.7 Å². The summed E-state index contributed by atoms with van der Waals surface area (Å²) in [5, 5.41) is 11.1. The number of Topliss-reactive ketones (excluding diaryl/α,β-unsaturated/α-hetero) is 1. The second-order valence-corrected chi connectivity index (χ2v) is 7.52. The van der Waals surface area contributed by atoms with E-state index in [0.29, 0.717) is 17.9 Å². The number of aliphatic hydroxyl groups is 1. The maximum absolute atomic E-state index is 13.0. The second kappa shape index (κ2) is 8.11. The van der Waals surface area contributed by atoms with Crippen molar-refractivity contribution in [3.63, 3.8) is 0 Å². The Morgan fingerprint density at radius 1 is 1.07 bits per heavy atom. The summed E-state index contributed by atoms with van der Waals surface area (Å²) >= 11 is 0. The smallest absolute Gasteiger partial charge is 0.295 e. The van der Waals surface area contributed by atoms with Crippen molar-refractivity contribution in [3.8, 4) is 5.75 Å². The summed E-state index contributed by atoms with van der Waals surface area (Å²) in [7, 11) is 0. The lowest BCUT2D eigenvalue weighted by molar-refractivity contribution is -0.141. The third-order valence-electron chi connectivity index (χ3n) is 5.73. The average Bonchev–Trinajstić information content (AvgIpc) is 3.36. The molecule has 1 aliphatic carbocycles. The Kier molecular flexibility index (Phi) is 5.38. The van der Waals surface area contributed by atoms with Crippen molar-refractivity contribution in [1.29, 1.82) is 0 Å². The van der Waals surface area contributed by atoms with Gasteiger partial charge in [-0.05, 0) is 37.5 Å². The van der Waals surface area contributed by atoms with Gasteiger partial charge in [-0.25, -0.2) is 0 Å². The Morgan fingerprint density at radius 2 is 1.79 bits per heavy atom. The molecule has 5 heteroatoms. The van der Waals surface area contributed by atoms with Crippen molar-refractivity contribution in [3.05, 3.63) is 71.3 Å². The molecule has 1 saturated carbocycles. The number of carbonyl (C=O) groups is 2. The Labute approximate surface area is 170 Å². The van der Waals surface area contributed by atoms with E-state index in [-0.39, 0.29) is 17.4 Å². The lowest BCUT2D eigenvalue weighted by atomic mass is 9.94. The molecular formula is C24H25NO4. The normalized spacial score (nSPS) is 21.7. The van der Waals surface area contributed by atoms with Gasteiger partial charge in [-0.15, -0.1) is 0 Å². The number of ether oxygens (including phenoxy) is 1. The molecule has 0 spiro atoms. The largest absolute Gasteiger partial charge is 0.507 e. The molecule has 1 heterocycles. The first-order chi connectivity index (χ1) is 14.1. The van der Waals surface area contributed by atoms with Crippen molar-refractivity contribution in [2.24, 2.45) is 0 Å². The zero-order valence-corrected chi connectivity index (χ0v) is 16.5. The van der Waals surface area contributed by atoms with Crippen LogP contribution in [0, 0.1) is 0 Å². The number of ketones is 1. The summed E-state index contributed by atoms with van der Waals surface area (Å²) in [6, 6.07) is 15.9. The van der Waals surface area contributed by atoms with Gasteiger partial charge in [0.25, 0.3) is 11.7 Å². The zero-order valence-electron chi connectivity index (χ0n) is 16.5. The minimum absolute atomic E-state index is 0.0247. The van der Waals surface area contributed by atoms with E-state index in [9.17, 15) is 14.7 Å². The highest BCUT2D eigenvalue weighted by molar-refractivity contribution is 6.46. The molecule has 2 aliphatic rings. The van der Waals surface area contributed by atoms with E-state index in [1.165, 1.54) is 0 Å². The monoisotopic (exact) mass is 391 g/mol. The molecule has 5 nitrogen and oxygen atoms in total. The molecule has 2 fully saturated rings. The number of nitrogens with zero attached hydrogens (tertiary/aromatic N) is 1. The standard InChI is InChI=1S/C24H25NO4/c1-2-29-19-14-8-11-17(15-19)22(26)20-21(16-9-4-3-5-10-16)25(24(28)23(20)27)18-12-6-7-13-18/h3-5,8-11,14-15,18,21,26H,2,6-7,12-13H2,1H3/b22-20-. The number of benzene rings is 2. The lowest BCUT2D eigenvalue weighted by Gasteiger charge is -2.30. The van der Waals surface area contributed by atoms with Crippen LogP contribution in [0.5, 0.6) is 5.75 Å². The van der Waals surface area contributed by atoms with E-state index < -0.39 is 17.7 Å². The Bertz CT molecular complexity index is 944. The van der Waals surface area contributed by atoms with Crippen LogP contribution in [-0.4, -0.2) is 34.3 Å². The van der Waals surface area contributed by atoms with Gasteiger partial charge in [0.05, 0.1) is 18.2 Å². The molecule has 2 aromatic rings. The Hall–Kier alpha value is -3.08. The summed E-state index contributed by atoms with van der Waals surface area (Å²) in [5.74, 6) is -0.685. The van der Waals surface area contributed by atoms with E-state index in [2.05, 4.69) is 0 Å². The van der Waals surface area contributed by atoms with Crippen molar-refractivity contribution in [2.45, 2.75) is 44.7 Å². The number of rotatable bonds is 5. The highest BCUT2D eigenvalue weighted by atomic mass is 16.5. The van der Waals surface area contributed by atoms with Crippen molar-refractivity contribution in [1.82, 2.24) is 4.90 Å². The van der Waals surface area contributed by atoms with Gasteiger partial charge in [0.2, 0.25) is 0 Å². The summed E-state index contributed by atoms with van der Waals surface area (Å²) in [5.41, 5.74) is 1.46. The number of amides is 1. The van der Waals surface area contributed by atoms with E-state index >= 15 is 0 Å². The number of likely N-dealkylation sites (tertiary alicyclic amines) is 1. The highest BCUT2D eigenvalue weighted by Gasteiger charge is 2.49. The van der Waals surface area contributed by atoms with Crippen LogP contribution in [0.1, 0.15) is 49.8 Å².